The van der Waals surface area contributed by atoms with Gasteiger partial charge in [0.1, 0.15) is 5.69 Å². The normalized spacial score (nSPS) is 10.5. The molecule has 1 aromatic heterocycles. The second-order valence-electron chi connectivity index (χ2n) is 2.36. The third-order valence-corrected chi connectivity index (χ3v) is 1.54. The maximum atomic E-state index is 11.2. The second kappa shape index (κ2) is 3.71. The molecule has 13 heavy (non-hydrogen) atoms. The van der Waals surface area contributed by atoms with E-state index in [2.05, 4.69) is 16.6 Å². The summed E-state index contributed by atoms with van der Waals surface area (Å²) < 4.78 is 0. The average Bonchev–Trinajstić information content (AvgIpc) is 2.12. The molecule has 0 atom stereocenters. The first kappa shape index (κ1) is 9.25. The Bertz CT molecular complexity index is 405. The van der Waals surface area contributed by atoms with Crippen LogP contribution in [-0.4, -0.2) is 16.3 Å². The molecule has 4 nitrogen and oxygen atoms in total. The number of aromatic hydroxyl groups is 1. The van der Waals surface area contributed by atoms with E-state index in [4.69, 9.17) is 0 Å². The van der Waals surface area contributed by atoms with Crippen molar-refractivity contribution in [2.45, 2.75) is 6.92 Å². The summed E-state index contributed by atoms with van der Waals surface area (Å²) in [5, 5.41) is 9.35. The van der Waals surface area contributed by atoms with Crippen LogP contribution in [0.4, 0.5) is 5.69 Å². The summed E-state index contributed by atoms with van der Waals surface area (Å²) in [6.07, 6.45) is 4.07. The van der Waals surface area contributed by atoms with Crippen LogP contribution in [0.1, 0.15) is 12.5 Å². The molecular weight excluding hydrogens is 168 g/mol. The second-order valence-corrected chi connectivity index (χ2v) is 2.36. The number of pyridine rings is 1. The molecule has 0 aliphatic carbocycles. The Balaban J connectivity index is 3.52. The monoisotopic (exact) mass is 178 g/mol. The first-order valence-corrected chi connectivity index (χ1v) is 3.76. The van der Waals surface area contributed by atoms with Gasteiger partial charge < -0.3 is 10.1 Å². The van der Waals surface area contributed by atoms with Gasteiger partial charge in [0.05, 0.1) is 5.56 Å². The minimum atomic E-state index is -0.312. The van der Waals surface area contributed by atoms with Crippen molar-refractivity contribution in [3.05, 3.63) is 28.7 Å². The van der Waals surface area contributed by atoms with Crippen LogP contribution in [0.2, 0.25) is 0 Å². The third-order valence-electron chi connectivity index (χ3n) is 1.54. The van der Waals surface area contributed by atoms with Gasteiger partial charge in [0.2, 0.25) is 0 Å². The minimum Gasteiger partial charge on any atom is -0.504 e. The lowest BCUT2D eigenvalue weighted by atomic mass is 10.2. The predicted molar refractivity (Wildman–Crippen MR) is 52.6 cm³/mol. The van der Waals surface area contributed by atoms with Gasteiger partial charge in [-0.15, -0.1) is 0 Å². The molecule has 1 rings (SSSR count). The Kier molecular flexibility index (Phi) is 2.64. The maximum Gasteiger partial charge on any atom is 0.257 e. The van der Waals surface area contributed by atoms with Crippen LogP contribution < -0.4 is 5.56 Å². The van der Waals surface area contributed by atoms with Crippen LogP contribution in [0.3, 0.4) is 0 Å². The molecule has 0 unspecified atom stereocenters. The van der Waals surface area contributed by atoms with Crippen LogP contribution >= 0.6 is 0 Å². The summed E-state index contributed by atoms with van der Waals surface area (Å²) in [5.41, 5.74) is 0.216. The largest absolute Gasteiger partial charge is 0.504 e. The maximum absolute atomic E-state index is 11.2. The van der Waals surface area contributed by atoms with E-state index in [9.17, 15) is 9.90 Å². The quantitative estimate of drug-likeness (QED) is 0.673. The number of rotatable bonds is 2. The molecular formula is C9H10N2O2. The molecule has 0 fully saturated rings. The van der Waals surface area contributed by atoms with Gasteiger partial charge in [-0.1, -0.05) is 12.7 Å². The van der Waals surface area contributed by atoms with E-state index in [-0.39, 0.29) is 22.6 Å². The fourth-order valence-electron chi connectivity index (χ4n) is 0.980. The Labute approximate surface area is 75.3 Å². The highest BCUT2D eigenvalue weighted by Crippen LogP contribution is 2.27. The van der Waals surface area contributed by atoms with E-state index < -0.39 is 0 Å². The molecule has 0 bridgehead atoms. The van der Waals surface area contributed by atoms with Crippen molar-refractivity contribution in [1.29, 1.82) is 0 Å². The standard InChI is InChI=1S/C9H10N2O2/c1-3-6-8(10-4-2)7(12)5-11-9(6)13/h3-5,12H,1H2,2H3,(H,11,13)/b10-4-. The zero-order valence-corrected chi connectivity index (χ0v) is 7.24. The van der Waals surface area contributed by atoms with Crippen molar-refractivity contribution in [3.63, 3.8) is 0 Å². The Morgan fingerprint density at radius 3 is 2.92 bits per heavy atom. The zero-order valence-electron chi connectivity index (χ0n) is 7.24. The van der Waals surface area contributed by atoms with Gasteiger partial charge in [0, 0.05) is 12.4 Å². The van der Waals surface area contributed by atoms with Crippen LogP contribution in [0, 0.1) is 0 Å². The Morgan fingerprint density at radius 1 is 1.69 bits per heavy atom. The summed E-state index contributed by atoms with van der Waals surface area (Å²) in [7, 11) is 0. The Hall–Kier alpha value is -1.84. The van der Waals surface area contributed by atoms with Crippen molar-refractivity contribution in [1.82, 2.24) is 4.98 Å². The van der Waals surface area contributed by atoms with Crippen LogP contribution in [0.15, 0.2) is 22.6 Å². The zero-order chi connectivity index (χ0) is 9.84. The summed E-state index contributed by atoms with van der Waals surface area (Å²) in [5.74, 6) is -0.0624. The van der Waals surface area contributed by atoms with Crippen molar-refractivity contribution in [2.75, 3.05) is 0 Å². The summed E-state index contributed by atoms with van der Waals surface area (Å²) >= 11 is 0. The number of aromatic amines is 1. The molecule has 0 spiro atoms. The highest BCUT2D eigenvalue weighted by molar-refractivity contribution is 5.72. The fourth-order valence-corrected chi connectivity index (χ4v) is 0.980. The summed E-state index contributed by atoms with van der Waals surface area (Å²) in [4.78, 5) is 17.4. The molecule has 0 aromatic carbocycles. The molecule has 0 amide bonds. The van der Waals surface area contributed by atoms with E-state index >= 15 is 0 Å². The molecule has 0 aliphatic rings. The molecule has 0 radical (unpaired) electrons. The van der Waals surface area contributed by atoms with Crippen LogP contribution in [-0.2, 0) is 0 Å². The van der Waals surface area contributed by atoms with Crippen molar-refractivity contribution < 1.29 is 5.11 Å². The van der Waals surface area contributed by atoms with Gasteiger partial charge >= 0.3 is 0 Å². The van der Waals surface area contributed by atoms with Crippen LogP contribution in [0.5, 0.6) is 5.75 Å². The van der Waals surface area contributed by atoms with E-state index in [1.165, 1.54) is 18.5 Å². The smallest absolute Gasteiger partial charge is 0.257 e. The molecule has 0 saturated carbocycles. The van der Waals surface area contributed by atoms with E-state index in [1.807, 2.05) is 0 Å². The van der Waals surface area contributed by atoms with E-state index in [1.54, 1.807) is 6.92 Å². The van der Waals surface area contributed by atoms with E-state index in [0.717, 1.165) is 0 Å². The van der Waals surface area contributed by atoms with Gasteiger partial charge in [-0.3, -0.25) is 9.79 Å². The van der Waals surface area contributed by atoms with Gasteiger partial charge in [0.15, 0.2) is 5.75 Å². The van der Waals surface area contributed by atoms with Crippen molar-refractivity contribution >= 4 is 18.0 Å². The number of aliphatic imine (C=N–C) groups is 1. The van der Waals surface area contributed by atoms with Gasteiger partial charge in [-0.25, -0.2) is 0 Å². The number of hydrogen-bond acceptors (Lipinski definition) is 3. The third kappa shape index (κ3) is 1.66. The van der Waals surface area contributed by atoms with Gasteiger partial charge in [-0.2, -0.15) is 0 Å². The minimum absolute atomic E-state index is 0.0624. The summed E-state index contributed by atoms with van der Waals surface area (Å²) in [6.45, 7) is 5.17. The first-order valence-electron chi connectivity index (χ1n) is 3.76. The lowest BCUT2D eigenvalue weighted by Gasteiger charge is -2.00. The first-order chi connectivity index (χ1) is 6.20. The molecule has 68 valence electrons. The number of H-pyrrole nitrogens is 1. The highest BCUT2D eigenvalue weighted by atomic mass is 16.3. The lowest BCUT2D eigenvalue weighted by Crippen LogP contribution is -2.07. The number of nitrogens with zero attached hydrogens (tertiary/aromatic N) is 1. The van der Waals surface area contributed by atoms with Gasteiger partial charge in [0.25, 0.3) is 5.56 Å². The molecule has 1 aromatic rings. The number of nitrogens with one attached hydrogen (secondary N) is 1. The lowest BCUT2D eigenvalue weighted by molar-refractivity contribution is 0.474. The molecule has 1 heterocycles. The topological polar surface area (TPSA) is 65.5 Å². The highest BCUT2D eigenvalue weighted by Gasteiger charge is 2.06. The number of hydrogen-bond donors (Lipinski definition) is 2. The van der Waals surface area contributed by atoms with Gasteiger partial charge in [-0.05, 0) is 6.92 Å². The molecule has 2 N–H and O–H groups in total. The average molecular weight is 178 g/mol. The molecule has 0 saturated heterocycles. The van der Waals surface area contributed by atoms with Crippen LogP contribution in [0.25, 0.3) is 6.08 Å². The Morgan fingerprint density at radius 2 is 2.38 bits per heavy atom. The molecule has 0 aliphatic heterocycles. The number of aromatic nitrogens is 1. The SMILES string of the molecule is C=Cc1c(/N=C\C)c(O)c[nH]c1=O. The summed E-state index contributed by atoms with van der Waals surface area (Å²) in [6, 6.07) is 0. The van der Waals surface area contributed by atoms with E-state index in [0.29, 0.717) is 0 Å². The fraction of sp³-hybridized carbons (Fsp3) is 0.111. The molecule has 4 heteroatoms. The van der Waals surface area contributed by atoms with Crippen molar-refractivity contribution in [2.24, 2.45) is 4.99 Å². The van der Waals surface area contributed by atoms with Crippen molar-refractivity contribution in [3.8, 4) is 5.75 Å². The predicted octanol–water partition coefficient (Wildman–Crippen LogP) is 1.45.